The quantitative estimate of drug-likeness (QED) is 0.657. The van der Waals surface area contributed by atoms with Crippen molar-refractivity contribution in [3.05, 3.63) is 0 Å². The summed E-state index contributed by atoms with van der Waals surface area (Å²) in [4.78, 5) is 33.9. The van der Waals surface area contributed by atoms with E-state index in [9.17, 15) is 14.4 Å². The van der Waals surface area contributed by atoms with Crippen LogP contribution in [0.4, 0.5) is 0 Å². The first-order chi connectivity index (χ1) is 7.79. The van der Waals surface area contributed by atoms with Gasteiger partial charge in [-0.2, -0.15) is 0 Å². The molecule has 0 aliphatic carbocycles. The van der Waals surface area contributed by atoms with Crippen molar-refractivity contribution in [1.82, 2.24) is 10.6 Å². The average Bonchev–Trinajstić information content (AvgIpc) is 2.22. The maximum absolute atomic E-state index is 11.7. The van der Waals surface area contributed by atoms with Gasteiger partial charge in [-0.05, 0) is 12.8 Å². The summed E-state index contributed by atoms with van der Waals surface area (Å²) in [5, 5.41) is 4.98. The molecule has 0 bridgehead atoms. The van der Waals surface area contributed by atoms with Crippen molar-refractivity contribution in [2.75, 3.05) is 7.11 Å². The minimum absolute atomic E-state index is 0.0871. The van der Waals surface area contributed by atoms with E-state index in [0.717, 1.165) is 0 Å². The van der Waals surface area contributed by atoms with Crippen molar-refractivity contribution in [2.45, 2.75) is 39.8 Å². The lowest BCUT2D eigenvalue weighted by molar-refractivity contribution is -0.146. The molecule has 6 heteroatoms. The Morgan fingerprint density at radius 3 is 1.94 bits per heavy atom. The number of hydrogen-bond donors (Lipinski definition) is 2. The van der Waals surface area contributed by atoms with E-state index in [1.54, 1.807) is 20.8 Å². The van der Waals surface area contributed by atoms with Gasteiger partial charge in [-0.15, -0.1) is 0 Å². The van der Waals surface area contributed by atoms with E-state index in [2.05, 4.69) is 15.4 Å². The topological polar surface area (TPSA) is 84.5 Å². The van der Waals surface area contributed by atoms with E-state index >= 15 is 0 Å². The molecule has 2 amide bonds. The minimum atomic E-state index is -0.705. The number of hydrogen-bond acceptors (Lipinski definition) is 4. The summed E-state index contributed by atoms with van der Waals surface area (Å²) in [7, 11) is 1.26. The van der Waals surface area contributed by atoms with Gasteiger partial charge in [0.05, 0.1) is 7.11 Å². The van der Waals surface area contributed by atoms with Crippen molar-refractivity contribution in [2.24, 2.45) is 5.92 Å². The molecule has 0 saturated heterocycles. The molecule has 0 saturated carbocycles. The lowest BCUT2D eigenvalue weighted by Gasteiger charge is -2.22. The summed E-state index contributed by atoms with van der Waals surface area (Å²) in [6.07, 6.45) is 0. The summed E-state index contributed by atoms with van der Waals surface area (Å²) < 4.78 is 4.59. The Labute approximate surface area is 101 Å². The number of carbonyl (C=O) groups is 3. The first-order valence-corrected chi connectivity index (χ1v) is 5.44. The van der Waals surface area contributed by atoms with E-state index in [1.807, 2.05) is 0 Å². The van der Waals surface area contributed by atoms with Crippen LogP contribution in [0.25, 0.3) is 0 Å². The highest BCUT2D eigenvalue weighted by Crippen LogP contribution is 2.03. The van der Waals surface area contributed by atoms with Crippen LogP contribution in [0.15, 0.2) is 0 Å². The molecular weight excluding hydrogens is 224 g/mol. The highest BCUT2D eigenvalue weighted by molar-refractivity contribution is 5.90. The highest BCUT2D eigenvalue weighted by Gasteiger charge is 2.26. The Morgan fingerprint density at radius 2 is 1.59 bits per heavy atom. The van der Waals surface area contributed by atoms with Crippen molar-refractivity contribution in [3.63, 3.8) is 0 Å². The summed E-state index contributed by atoms with van der Waals surface area (Å²) in [5.41, 5.74) is 0. The standard InChI is InChI=1S/C11H20N2O4/c1-6(2)9(11(16)17-5)13-10(15)7(3)12-8(4)14/h6-7,9H,1-5H3,(H,12,14)(H,13,15). The molecule has 0 aliphatic rings. The lowest BCUT2D eigenvalue weighted by atomic mass is 10.0. The third-order valence-corrected chi connectivity index (χ3v) is 2.23. The first-order valence-electron chi connectivity index (χ1n) is 5.44. The Bertz CT molecular complexity index is 302. The second kappa shape index (κ2) is 6.88. The molecule has 0 spiro atoms. The number of methoxy groups -OCH3 is 1. The monoisotopic (exact) mass is 244 g/mol. The highest BCUT2D eigenvalue weighted by atomic mass is 16.5. The number of nitrogens with one attached hydrogen (secondary N) is 2. The maximum atomic E-state index is 11.7. The Balaban J connectivity index is 4.50. The van der Waals surface area contributed by atoms with Crippen LogP contribution in [0, 0.1) is 5.92 Å². The van der Waals surface area contributed by atoms with Crippen molar-refractivity contribution in [1.29, 1.82) is 0 Å². The van der Waals surface area contributed by atoms with E-state index < -0.39 is 24.0 Å². The van der Waals surface area contributed by atoms with Crippen LogP contribution in [-0.2, 0) is 19.1 Å². The first kappa shape index (κ1) is 15.4. The molecule has 0 heterocycles. The minimum Gasteiger partial charge on any atom is -0.467 e. The molecule has 2 N–H and O–H groups in total. The molecule has 0 radical (unpaired) electrons. The number of ether oxygens (including phenoxy) is 1. The molecule has 2 unspecified atom stereocenters. The van der Waals surface area contributed by atoms with Crippen LogP contribution in [0.3, 0.4) is 0 Å². The maximum Gasteiger partial charge on any atom is 0.328 e. The van der Waals surface area contributed by atoms with Gasteiger partial charge in [0.25, 0.3) is 0 Å². The SMILES string of the molecule is COC(=O)C(NC(=O)C(C)NC(C)=O)C(C)C. The van der Waals surface area contributed by atoms with Gasteiger partial charge in [-0.25, -0.2) is 4.79 Å². The number of carbonyl (C=O) groups excluding carboxylic acids is 3. The average molecular weight is 244 g/mol. The van der Waals surface area contributed by atoms with Gasteiger partial charge in [0.2, 0.25) is 11.8 Å². The zero-order valence-corrected chi connectivity index (χ0v) is 10.9. The van der Waals surface area contributed by atoms with Crippen LogP contribution < -0.4 is 10.6 Å². The summed E-state index contributed by atoms with van der Waals surface area (Å²) in [6, 6.07) is -1.39. The Kier molecular flexibility index (Phi) is 6.23. The summed E-state index contributed by atoms with van der Waals surface area (Å²) >= 11 is 0. The molecule has 17 heavy (non-hydrogen) atoms. The molecule has 0 aromatic carbocycles. The predicted octanol–water partition coefficient (Wildman–Crippen LogP) is -0.175. The molecule has 2 atom stereocenters. The fourth-order valence-corrected chi connectivity index (χ4v) is 1.27. The predicted molar refractivity (Wildman–Crippen MR) is 62.1 cm³/mol. The Hall–Kier alpha value is -1.59. The third kappa shape index (κ3) is 5.33. The van der Waals surface area contributed by atoms with E-state index in [1.165, 1.54) is 14.0 Å². The molecule has 0 rings (SSSR count). The van der Waals surface area contributed by atoms with Gasteiger partial charge in [0.15, 0.2) is 0 Å². The number of esters is 1. The van der Waals surface area contributed by atoms with E-state index in [-0.39, 0.29) is 11.8 Å². The van der Waals surface area contributed by atoms with Crippen molar-refractivity contribution in [3.8, 4) is 0 Å². The van der Waals surface area contributed by atoms with Crippen LogP contribution in [0.5, 0.6) is 0 Å². The number of rotatable bonds is 5. The fraction of sp³-hybridized carbons (Fsp3) is 0.727. The van der Waals surface area contributed by atoms with Gasteiger partial charge >= 0.3 is 5.97 Å². The van der Waals surface area contributed by atoms with Gasteiger partial charge in [-0.3, -0.25) is 9.59 Å². The lowest BCUT2D eigenvalue weighted by Crippen LogP contribution is -2.52. The molecule has 98 valence electrons. The van der Waals surface area contributed by atoms with Gasteiger partial charge in [0.1, 0.15) is 12.1 Å². The van der Waals surface area contributed by atoms with Crippen LogP contribution in [0.1, 0.15) is 27.7 Å². The van der Waals surface area contributed by atoms with Crippen molar-refractivity contribution < 1.29 is 19.1 Å². The smallest absolute Gasteiger partial charge is 0.328 e. The molecule has 6 nitrogen and oxygen atoms in total. The van der Waals surface area contributed by atoms with Crippen LogP contribution in [-0.4, -0.2) is 37.0 Å². The molecular formula is C11H20N2O4. The van der Waals surface area contributed by atoms with Crippen molar-refractivity contribution >= 4 is 17.8 Å². The molecule has 0 aliphatic heterocycles. The Morgan fingerprint density at radius 1 is 1.06 bits per heavy atom. The summed E-state index contributed by atoms with van der Waals surface area (Å²) in [6.45, 7) is 6.46. The van der Waals surface area contributed by atoms with Crippen LogP contribution >= 0.6 is 0 Å². The number of amides is 2. The second-order valence-electron chi connectivity index (χ2n) is 4.18. The normalized spacial score (nSPS) is 13.8. The van der Waals surface area contributed by atoms with E-state index in [4.69, 9.17) is 0 Å². The molecule has 0 fully saturated rings. The van der Waals surface area contributed by atoms with Gasteiger partial charge in [-0.1, -0.05) is 13.8 Å². The fourth-order valence-electron chi connectivity index (χ4n) is 1.27. The second-order valence-corrected chi connectivity index (χ2v) is 4.18. The van der Waals surface area contributed by atoms with E-state index in [0.29, 0.717) is 0 Å². The molecule has 0 aromatic rings. The third-order valence-electron chi connectivity index (χ3n) is 2.23. The largest absolute Gasteiger partial charge is 0.467 e. The molecule has 0 aromatic heterocycles. The van der Waals surface area contributed by atoms with Crippen LogP contribution in [0.2, 0.25) is 0 Å². The zero-order chi connectivity index (χ0) is 13.6. The van der Waals surface area contributed by atoms with Gasteiger partial charge in [0, 0.05) is 6.92 Å². The summed E-state index contributed by atoms with van der Waals surface area (Å²) in [5.74, 6) is -1.30. The van der Waals surface area contributed by atoms with Gasteiger partial charge < -0.3 is 15.4 Å². The zero-order valence-electron chi connectivity index (χ0n) is 10.9.